The van der Waals surface area contributed by atoms with Crippen molar-refractivity contribution < 1.29 is 4.79 Å². The number of nitrogens with zero attached hydrogens (tertiary/aromatic N) is 1. The minimum absolute atomic E-state index is 0.208. The Kier molecular flexibility index (Phi) is 5.22. The van der Waals surface area contributed by atoms with Crippen LogP contribution in [0, 0.1) is 19.8 Å². The number of nitrogens with one attached hydrogen (secondary N) is 1. The number of aryl methyl sites for hydroxylation is 2. The van der Waals surface area contributed by atoms with Crippen molar-refractivity contribution in [3.63, 3.8) is 0 Å². The molecule has 2 rings (SSSR count). The highest BCUT2D eigenvalue weighted by Gasteiger charge is 2.25. The minimum Gasteiger partial charge on any atom is -0.335 e. The molecule has 20 heavy (non-hydrogen) atoms. The molecule has 0 spiro atoms. The smallest absolute Gasteiger partial charge is 0.264 e. The van der Waals surface area contributed by atoms with Crippen LogP contribution in [0.1, 0.15) is 46.8 Å². The summed E-state index contributed by atoms with van der Waals surface area (Å²) in [5.74, 6) is 0.851. The van der Waals surface area contributed by atoms with Gasteiger partial charge >= 0.3 is 0 Å². The highest BCUT2D eigenvalue weighted by Crippen LogP contribution is 2.24. The van der Waals surface area contributed by atoms with E-state index >= 15 is 0 Å². The van der Waals surface area contributed by atoms with Gasteiger partial charge in [-0.05, 0) is 71.2 Å². The molecule has 0 aliphatic carbocycles. The largest absolute Gasteiger partial charge is 0.335 e. The summed E-state index contributed by atoms with van der Waals surface area (Å²) in [4.78, 5) is 16.9. The topological polar surface area (TPSA) is 32.3 Å². The quantitative estimate of drug-likeness (QED) is 0.925. The van der Waals surface area contributed by atoms with E-state index in [1.807, 2.05) is 6.07 Å². The van der Waals surface area contributed by atoms with Crippen LogP contribution < -0.4 is 5.32 Å². The zero-order valence-electron chi connectivity index (χ0n) is 13.0. The lowest BCUT2D eigenvalue weighted by Crippen LogP contribution is -2.42. The van der Waals surface area contributed by atoms with Crippen LogP contribution in [0.5, 0.6) is 0 Å². The number of rotatable bonds is 4. The normalized spacial score (nSPS) is 16.6. The molecule has 1 aromatic rings. The molecule has 1 aliphatic rings. The third-order valence-electron chi connectivity index (χ3n) is 4.17. The molecule has 3 nitrogen and oxygen atoms in total. The highest BCUT2D eigenvalue weighted by atomic mass is 32.1. The maximum Gasteiger partial charge on any atom is 0.264 e. The van der Waals surface area contributed by atoms with Gasteiger partial charge in [0, 0.05) is 17.5 Å². The number of piperidine rings is 1. The van der Waals surface area contributed by atoms with Crippen molar-refractivity contribution in [2.45, 2.75) is 46.6 Å². The predicted octanol–water partition coefficient (Wildman–Crippen LogP) is 3.22. The Bertz CT molecular complexity index is 442. The Morgan fingerprint density at radius 1 is 1.40 bits per heavy atom. The van der Waals surface area contributed by atoms with Gasteiger partial charge < -0.3 is 10.2 Å². The van der Waals surface area contributed by atoms with E-state index in [0.717, 1.165) is 24.5 Å². The molecule has 1 N–H and O–H groups in total. The first kappa shape index (κ1) is 15.5. The molecular formula is C16H26N2OS. The average molecular weight is 294 g/mol. The third-order valence-corrected chi connectivity index (χ3v) is 5.32. The fraction of sp³-hybridized carbons (Fsp3) is 0.688. The molecule has 0 unspecified atom stereocenters. The maximum absolute atomic E-state index is 12.7. The number of thiophene rings is 1. The van der Waals surface area contributed by atoms with Gasteiger partial charge in [-0.3, -0.25) is 4.79 Å². The van der Waals surface area contributed by atoms with Crippen molar-refractivity contribution >= 4 is 17.2 Å². The first-order valence-corrected chi connectivity index (χ1v) is 8.39. The summed E-state index contributed by atoms with van der Waals surface area (Å²) in [5.41, 5.74) is 1.23. The molecule has 0 bridgehead atoms. The molecular weight excluding hydrogens is 268 g/mol. The van der Waals surface area contributed by atoms with E-state index in [9.17, 15) is 4.79 Å². The SMILES string of the molecule is Cc1cc(C(=O)N(CC2CCNCC2)C(C)C)sc1C. The molecule has 0 atom stereocenters. The summed E-state index contributed by atoms with van der Waals surface area (Å²) in [6.07, 6.45) is 2.36. The monoisotopic (exact) mass is 294 g/mol. The molecule has 1 saturated heterocycles. The summed E-state index contributed by atoms with van der Waals surface area (Å²) < 4.78 is 0. The molecule has 0 saturated carbocycles. The highest BCUT2D eigenvalue weighted by molar-refractivity contribution is 7.14. The molecule has 1 aliphatic heterocycles. The van der Waals surface area contributed by atoms with Gasteiger partial charge in [0.25, 0.3) is 5.91 Å². The molecule has 0 radical (unpaired) electrons. The summed E-state index contributed by atoms with van der Waals surface area (Å²) in [6.45, 7) is 11.5. The van der Waals surface area contributed by atoms with Gasteiger partial charge in [0.1, 0.15) is 0 Å². The van der Waals surface area contributed by atoms with Crippen molar-refractivity contribution in [3.05, 3.63) is 21.4 Å². The third kappa shape index (κ3) is 3.61. The standard InChI is InChI=1S/C16H26N2OS/c1-11(2)18(10-14-5-7-17-8-6-14)16(19)15-9-12(3)13(4)20-15/h9,11,14,17H,5-8,10H2,1-4H3. The van der Waals surface area contributed by atoms with E-state index < -0.39 is 0 Å². The molecule has 0 aromatic carbocycles. The molecule has 2 heterocycles. The summed E-state index contributed by atoms with van der Waals surface area (Å²) in [6, 6.07) is 2.31. The fourth-order valence-corrected chi connectivity index (χ4v) is 3.68. The van der Waals surface area contributed by atoms with Gasteiger partial charge in [0.05, 0.1) is 4.88 Å². The second-order valence-corrected chi connectivity index (χ2v) is 7.35. The molecule has 1 fully saturated rings. The summed E-state index contributed by atoms with van der Waals surface area (Å²) >= 11 is 1.63. The van der Waals surface area contributed by atoms with Crippen LogP contribution >= 0.6 is 11.3 Å². The Morgan fingerprint density at radius 3 is 2.55 bits per heavy atom. The van der Waals surface area contributed by atoms with Gasteiger partial charge in [-0.1, -0.05) is 0 Å². The Labute approximate surface area is 126 Å². The van der Waals surface area contributed by atoms with Crippen molar-refractivity contribution in [2.75, 3.05) is 19.6 Å². The number of carbonyl (C=O) groups excluding carboxylic acids is 1. The maximum atomic E-state index is 12.7. The van der Waals surface area contributed by atoms with Crippen molar-refractivity contribution in [2.24, 2.45) is 5.92 Å². The minimum atomic E-state index is 0.208. The van der Waals surface area contributed by atoms with Crippen LogP contribution in [0.25, 0.3) is 0 Å². The van der Waals surface area contributed by atoms with Gasteiger partial charge in [-0.15, -0.1) is 11.3 Å². The average Bonchev–Trinajstić information content (AvgIpc) is 2.76. The zero-order valence-corrected chi connectivity index (χ0v) is 13.8. The van der Waals surface area contributed by atoms with E-state index in [1.54, 1.807) is 11.3 Å². The summed E-state index contributed by atoms with van der Waals surface area (Å²) in [7, 11) is 0. The second kappa shape index (κ2) is 6.72. The lowest BCUT2D eigenvalue weighted by atomic mass is 9.97. The van der Waals surface area contributed by atoms with Crippen molar-refractivity contribution in [1.82, 2.24) is 10.2 Å². The van der Waals surface area contributed by atoms with E-state index in [4.69, 9.17) is 0 Å². The lowest BCUT2D eigenvalue weighted by molar-refractivity contribution is 0.0663. The first-order chi connectivity index (χ1) is 9.49. The first-order valence-electron chi connectivity index (χ1n) is 7.57. The number of hydrogen-bond acceptors (Lipinski definition) is 3. The van der Waals surface area contributed by atoms with Crippen molar-refractivity contribution in [1.29, 1.82) is 0 Å². The van der Waals surface area contributed by atoms with E-state index in [1.165, 1.54) is 23.3 Å². The molecule has 1 amide bonds. The molecule has 4 heteroatoms. The predicted molar refractivity (Wildman–Crippen MR) is 85.6 cm³/mol. The van der Waals surface area contributed by atoms with E-state index in [0.29, 0.717) is 5.92 Å². The Balaban J connectivity index is 2.09. The van der Waals surface area contributed by atoms with Crippen LogP contribution in [-0.4, -0.2) is 36.5 Å². The van der Waals surface area contributed by atoms with E-state index in [-0.39, 0.29) is 11.9 Å². The number of hydrogen-bond donors (Lipinski definition) is 1. The van der Waals surface area contributed by atoms with Crippen LogP contribution in [0.3, 0.4) is 0 Å². The van der Waals surface area contributed by atoms with Crippen LogP contribution in [-0.2, 0) is 0 Å². The fourth-order valence-electron chi connectivity index (χ4n) is 2.69. The lowest BCUT2D eigenvalue weighted by Gasteiger charge is -2.32. The number of amides is 1. The Morgan fingerprint density at radius 2 is 2.05 bits per heavy atom. The van der Waals surface area contributed by atoms with Gasteiger partial charge in [0.15, 0.2) is 0 Å². The summed E-state index contributed by atoms with van der Waals surface area (Å²) in [5, 5.41) is 3.39. The van der Waals surface area contributed by atoms with Crippen LogP contribution in [0.15, 0.2) is 6.07 Å². The van der Waals surface area contributed by atoms with Crippen molar-refractivity contribution in [3.8, 4) is 0 Å². The molecule has 1 aromatic heterocycles. The molecule has 112 valence electrons. The van der Waals surface area contributed by atoms with Gasteiger partial charge in [-0.2, -0.15) is 0 Å². The van der Waals surface area contributed by atoms with Gasteiger partial charge in [-0.25, -0.2) is 0 Å². The second-order valence-electron chi connectivity index (χ2n) is 6.09. The van der Waals surface area contributed by atoms with Crippen LogP contribution in [0.4, 0.5) is 0 Å². The van der Waals surface area contributed by atoms with E-state index in [2.05, 4.69) is 37.9 Å². The van der Waals surface area contributed by atoms with Crippen LogP contribution in [0.2, 0.25) is 0 Å². The van der Waals surface area contributed by atoms with Gasteiger partial charge in [0.2, 0.25) is 0 Å². The Hall–Kier alpha value is -0.870. The number of carbonyl (C=O) groups is 1. The zero-order chi connectivity index (χ0) is 14.7.